The van der Waals surface area contributed by atoms with E-state index in [0.29, 0.717) is 0 Å². The number of hydrogen-bond donors (Lipinski definition) is 2. The van der Waals surface area contributed by atoms with Crippen LogP contribution in [-0.2, 0) is 9.36 Å². The quantitative estimate of drug-likeness (QED) is 0.513. The summed E-state index contributed by atoms with van der Waals surface area (Å²) >= 11 is 0. The molecule has 0 aromatic rings. The average molecular weight is 210 g/mol. The molecule has 0 heterocycles. The number of hydrogen-bond acceptors (Lipinski definition) is 3. The maximum atomic E-state index is 10.7. The lowest BCUT2D eigenvalue weighted by Crippen LogP contribution is -2.25. The Hall–Kier alpha value is -0.420. The third-order valence-corrected chi connectivity index (χ3v) is 3.08. The Labute approximate surface area is 76.3 Å². The maximum Gasteiger partial charge on any atom is 0.328 e. The summed E-state index contributed by atoms with van der Waals surface area (Å²) in [5.41, 5.74) is -0.886. The molecule has 7 heteroatoms. The normalized spacial score (nSPS) is 13.9. The van der Waals surface area contributed by atoms with Crippen LogP contribution in [0.3, 0.4) is 0 Å². The Morgan fingerprint density at radius 3 is 2.38 bits per heavy atom. The van der Waals surface area contributed by atoms with Crippen LogP contribution in [-0.4, -0.2) is 33.0 Å². The Morgan fingerprint density at radius 2 is 2.08 bits per heavy atom. The summed E-state index contributed by atoms with van der Waals surface area (Å²) in [5.74, 6) is -0.655. The molecule has 0 aromatic carbocycles. The first kappa shape index (κ1) is 12.6. The molecule has 0 aliphatic rings. The van der Waals surface area contributed by atoms with Crippen molar-refractivity contribution in [3.63, 3.8) is 0 Å². The van der Waals surface area contributed by atoms with Gasteiger partial charge in [-0.3, -0.25) is 9.36 Å². The highest BCUT2D eigenvalue weighted by Gasteiger charge is 2.23. The summed E-state index contributed by atoms with van der Waals surface area (Å²) < 4.78 is 10.6. The minimum Gasteiger partial charge on any atom is -0.756 e. The zero-order valence-corrected chi connectivity index (χ0v) is 8.40. The number of nitrogens with zero attached hydrogens (tertiary/aromatic N) is 1. The van der Waals surface area contributed by atoms with Crippen LogP contribution in [0.4, 0.5) is 0 Å². The zero-order chi connectivity index (χ0) is 10.6. The third kappa shape index (κ3) is 5.00. The van der Waals surface area contributed by atoms with E-state index in [4.69, 9.17) is 9.79 Å². The molecule has 0 radical (unpaired) electrons. The number of carbonyl (C=O) groups is 1. The Bertz CT molecular complexity index is 225. The summed E-state index contributed by atoms with van der Waals surface area (Å²) in [6.07, 6.45) is 0.00730. The van der Waals surface area contributed by atoms with Crippen LogP contribution in [0.5, 0.6) is 0 Å². The minimum atomic E-state index is -4.12. The summed E-state index contributed by atoms with van der Waals surface area (Å²) in [4.78, 5) is 27.7. The smallest absolute Gasteiger partial charge is 0.328 e. The van der Waals surface area contributed by atoms with Crippen LogP contribution in [0.15, 0.2) is 0 Å². The summed E-state index contributed by atoms with van der Waals surface area (Å²) in [6, 6.07) is 0. The van der Waals surface area contributed by atoms with Crippen LogP contribution < -0.4 is 0 Å². The highest BCUT2D eigenvalue weighted by Crippen LogP contribution is 2.42. The van der Waals surface area contributed by atoms with Crippen LogP contribution in [0, 0.1) is 5.21 Å². The number of rotatable bonds is 4. The Kier molecular flexibility index (Phi) is 4.56. The van der Waals surface area contributed by atoms with E-state index < -0.39 is 19.2 Å². The van der Waals surface area contributed by atoms with Crippen LogP contribution in [0.1, 0.15) is 20.3 Å². The maximum absolute atomic E-state index is 10.7. The van der Waals surface area contributed by atoms with Crippen molar-refractivity contribution in [1.82, 2.24) is 5.06 Å². The number of carbonyl (C=O) groups excluding carboxylic acids is 1. The van der Waals surface area contributed by atoms with Gasteiger partial charge in [-0.25, -0.2) is 0 Å². The molecule has 2 N–H and O–H groups in total. The largest absolute Gasteiger partial charge is 0.756 e. The lowest BCUT2D eigenvalue weighted by atomic mass is 10.3. The standard InChI is InChI=1S/C6H13NO5P/c1-5(13(10,11)12)3-4-7(9)6(2)8/h5H,3-4H2,1-2H3,(H2,10,11,12)/q-1. The molecule has 1 unspecified atom stereocenters. The molecule has 0 fully saturated rings. The van der Waals surface area contributed by atoms with E-state index in [1.165, 1.54) is 6.92 Å². The van der Waals surface area contributed by atoms with E-state index in [2.05, 4.69) is 0 Å². The van der Waals surface area contributed by atoms with Crippen molar-refractivity contribution in [2.75, 3.05) is 6.54 Å². The van der Waals surface area contributed by atoms with Crippen molar-refractivity contribution >= 4 is 13.5 Å². The highest BCUT2D eigenvalue weighted by atomic mass is 31.2. The average Bonchev–Trinajstić information content (AvgIpc) is 1.97. The van der Waals surface area contributed by atoms with Gasteiger partial charge < -0.3 is 20.1 Å². The molecular weight excluding hydrogens is 197 g/mol. The molecule has 0 bridgehead atoms. The summed E-state index contributed by atoms with van der Waals surface area (Å²) in [7, 11) is -4.12. The van der Waals surface area contributed by atoms with Crippen molar-refractivity contribution in [2.24, 2.45) is 0 Å². The van der Waals surface area contributed by atoms with Crippen molar-refractivity contribution in [3.05, 3.63) is 5.21 Å². The van der Waals surface area contributed by atoms with Gasteiger partial charge >= 0.3 is 7.60 Å². The molecule has 0 aliphatic heterocycles. The molecule has 0 saturated heterocycles. The van der Waals surface area contributed by atoms with Crippen LogP contribution >= 0.6 is 7.60 Å². The molecule has 0 spiro atoms. The molecule has 0 aliphatic carbocycles. The monoisotopic (exact) mass is 210 g/mol. The predicted octanol–water partition coefficient (Wildman–Crippen LogP) is 0.289. The van der Waals surface area contributed by atoms with E-state index in [1.54, 1.807) is 0 Å². The van der Waals surface area contributed by atoms with Crippen LogP contribution in [0.2, 0.25) is 0 Å². The zero-order valence-electron chi connectivity index (χ0n) is 7.51. The van der Waals surface area contributed by atoms with Crippen LogP contribution in [0.25, 0.3) is 0 Å². The SMILES string of the molecule is CC(=O)N([O-])CCC(C)P(=O)(O)O. The molecule has 6 nitrogen and oxygen atoms in total. The molecular formula is C6H13NO5P-. The Morgan fingerprint density at radius 1 is 1.62 bits per heavy atom. The van der Waals surface area contributed by atoms with Gasteiger partial charge in [-0.15, -0.1) is 0 Å². The first-order valence-corrected chi connectivity index (χ1v) is 5.43. The predicted molar refractivity (Wildman–Crippen MR) is 46.9 cm³/mol. The van der Waals surface area contributed by atoms with E-state index in [9.17, 15) is 14.6 Å². The second-order valence-corrected chi connectivity index (χ2v) is 4.91. The second kappa shape index (κ2) is 4.72. The fraction of sp³-hybridized carbons (Fsp3) is 0.833. The topological polar surface area (TPSA) is 101 Å². The highest BCUT2D eigenvalue weighted by molar-refractivity contribution is 7.52. The number of amides is 1. The molecule has 0 rings (SSSR count). The van der Waals surface area contributed by atoms with Gasteiger partial charge in [0.05, 0.1) is 5.66 Å². The lowest BCUT2D eigenvalue weighted by Gasteiger charge is -2.27. The summed E-state index contributed by atoms with van der Waals surface area (Å²) in [6.45, 7) is 2.27. The van der Waals surface area contributed by atoms with Gasteiger partial charge in [0, 0.05) is 13.5 Å². The van der Waals surface area contributed by atoms with Crippen molar-refractivity contribution in [2.45, 2.75) is 25.9 Å². The van der Waals surface area contributed by atoms with Gasteiger partial charge in [0.1, 0.15) is 0 Å². The van der Waals surface area contributed by atoms with E-state index in [1.807, 2.05) is 0 Å². The fourth-order valence-corrected chi connectivity index (χ4v) is 1.08. The molecule has 0 aromatic heterocycles. The van der Waals surface area contributed by atoms with Gasteiger partial charge in [0.25, 0.3) is 0 Å². The summed E-state index contributed by atoms with van der Waals surface area (Å²) in [5, 5.41) is 10.9. The van der Waals surface area contributed by atoms with Crippen molar-refractivity contribution in [3.8, 4) is 0 Å². The third-order valence-electron chi connectivity index (χ3n) is 1.68. The number of hydroxylamine groups is 2. The van der Waals surface area contributed by atoms with E-state index >= 15 is 0 Å². The van der Waals surface area contributed by atoms with Gasteiger partial charge in [-0.1, -0.05) is 6.92 Å². The lowest BCUT2D eigenvalue weighted by molar-refractivity contribution is -0.126. The van der Waals surface area contributed by atoms with Crippen molar-refractivity contribution in [1.29, 1.82) is 0 Å². The van der Waals surface area contributed by atoms with Crippen molar-refractivity contribution < 1.29 is 19.1 Å². The van der Waals surface area contributed by atoms with E-state index in [0.717, 1.165) is 6.92 Å². The first-order chi connectivity index (χ1) is 5.75. The molecule has 1 amide bonds. The fourth-order valence-electron chi connectivity index (χ4n) is 0.630. The second-order valence-electron chi connectivity index (χ2n) is 2.85. The molecule has 1 atom stereocenters. The molecule has 0 saturated carbocycles. The Balaban J connectivity index is 3.91. The van der Waals surface area contributed by atoms with Gasteiger partial charge in [-0.2, -0.15) is 0 Å². The van der Waals surface area contributed by atoms with Gasteiger partial charge in [0.2, 0.25) is 5.91 Å². The van der Waals surface area contributed by atoms with E-state index in [-0.39, 0.29) is 18.0 Å². The molecule has 78 valence electrons. The minimum absolute atomic E-state index is 0.00730. The van der Waals surface area contributed by atoms with Gasteiger partial charge in [0.15, 0.2) is 0 Å². The first-order valence-electron chi connectivity index (χ1n) is 3.75. The molecule has 13 heavy (non-hydrogen) atoms. The van der Waals surface area contributed by atoms with Gasteiger partial charge in [-0.05, 0) is 6.42 Å².